The van der Waals surface area contributed by atoms with E-state index in [1.54, 1.807) is 0 Å². The Hall–Kier alpha value is -1.55. The highest BCUT2D eigenvalue weighted by Crippen LogP contribution is 2.25. The Morgan fingerprint density at radius 1 is 1.32 bits per heavy atom. The van der Waals surface area contributed by atoms with Gasteiger partial charge in [-0.15, -0.1) is 0 Å². The summed E-state index contributed by atoms with van der Waals surface area (Å²) in [7, 11) is 1.40. The lowest BCUT2D eigenvalue weighted by atomic mass is 10.0. The van der Waals surface area contributed by atoms with Crippen molar-refractivity contribution < 1.29 is 9.53 Å². The van der Waals surface area contributed by atoms with Gasteiger partial charge >= 0.3 is 5.97 Å². The molecule has 1 aromatic rings. The minimum Gasteiger partial charge on any atom is -0.465 e. The zero-order valence-corrected chi connectivity index (χ0v) is 11.9. The van der Waals surface area contributed by atoms with Crippen molar-refractivity contribution in [1.29, 1.82) is 0 Å². The van der Waals surface area contributed by atoms with E-state index in [1.807, 2.05) is 24.3 Å². The summed E-state index contributed by atoms with van der Waals surface area (Å²) >= 11 is 0. The lowest BCUT2D eigenvalue weighted by Gasteiger charge is -2.39. The molecule has 104 valence electrons. The SMILES string of the molecule is COC(=O)c1ccc(N2CCCNCC2(C)C)cc1. The number of nitrogens with one attached hydrogen (secondary N) is 1. The maximum absolute atomic E-state index is 11.4. The lowest BCUT2D eigenvalue weighted by molar-refractivity contribution is 0.0601. The van der Waals surface area contributed by atoms with E-state index in [4.69, 9.17) is 4.74 Å². The van der Waals surface area contributed by atoms with Gasteiger partial charge in [0.2, 0.25) is 0 Å². The third-order valence-corrected chi connectivity index (χ3v) is 3.62. The third-order valence-electron chi connectivity index (χ3n) is 3.62. The zero-order chi connectivity index (χ0) is 13.9. The van der Waals surface area contributed by atoms with Gasteiger partial charge in [0.05, 0.1) is 12.7 Å². The van der Waals surface area contributed by atoms with Crippen LogP contribution in [0.4, 0.5) is 5.69 Å². The summed E-state index contributed by atoms with van der Waals surface area (Å²) in [5, 5.41) is 3.46. The molecule has 1 aromatic carbocycles. The van der Waals surface area contributed by atoms with Crippen LogP contribution in [0.2, 0.25) is 0 Å². The summed E-state index contributed by atoms with van der Waals surface area (Å²) in [6.07, 6.45) is 1.13. The number of methoxy groups -OCH3 is 1. The van der Waals surface area contributed by atoms with Gasteiger partial charge in [0.25, 0.3) is 0 Å². The summed E-state index contributed by atoms with van der Waals surface area (Å²) in [6, 6.07) is 7.66. The number of ether oxygens (including phenoxy) is 1. The Morgan fingerprint density at radius 2 is 2.00 bits per heavy atom. The molecule has 0 saturated carbocycles. The van der Waals surface area contributed by atoms with E-state index < -0.39 is 0 Å². The van der Waals surface area contributed by atoms with E-state index >= 15 is 0 Å². The first-order valence-corrected chi connectivity index (χ1v) is 6.71. The summed E-state index contributed by atoms with van der Waals surface area (Å²) in [5.41, 5.74) is 1.82. The van der Waals surface area contributed by atoms with Gasteiger partial charge in [-0.3, -0.25) is 0 Å². The molecule has 0 radical (unpaired) electrons. The molecule has 0 bridgehead atoms. The minimum absolute atomic E-state index is 0.0727. The van der Waals surface area contributed by atoms with Crippen molar-refractivity contribution in [3.05, 3.63) is 29.8 Å². The molecule has 1 saturated heterocycles. The molecule has 0 aromatic heterocycles. The smallest absolute Gasteiger partial charge is 0.337 e. The number of nitrogens with zero attached hydrogens (tertiary/aromatic N) is 1. The molecule has 1 N–H and O–H groups in total. The molecular weight excluding hydrogens is 240 g/mol. The molecular formula is C15H22N2O2. The van der Waals surface area contributed by atoms with Crippen LogP contribution in [0.25, 0.3) is 0 Å². The Kier molecular flexibility index (Phi) is 4.10. The van der Waals surface area contributed by atoms with Crippen molar-refractivity contribution in [3.8, 4) is 0 Å². The second-order valence-electron chi connectivity index (χ2n) is 5.53. The van der Waals surface area contributed by atoms with Crippen LogP contribution in [0.5, 0.6) is 0 Å². The maximum atomic E-state index is 11.4. The number of hydrogen-bond acceptors (Lipinski definition) is 4. The normalized spacial score (nSPS) is 18.8. The molecule has 0 unspecified atom stereocenters. The van der Waals surface area contributed by atoms with Gasteiger partial charge in [-0.05, 0) is 51.1 Å². The molecule has 4 heteroatoms. The highest BCUT2D eigenvalue weighted by atomic mass is 16.5. The van der Waals surface area contributed by atoms with E-state index in [0.717, 1.165) is 31.7 Å². The van der Waals surface area contributed by atoms with Gasteiger partial charge in [0.1, 0.15) is 0 Å². The molecule has 1 aliphatic heterocycles. The van der Waals surface area contributed by atoms with E-state index in [1.165, 1.54) is 7.11 Å². The molecule has 0 atom stereocenters. The molecule has 19 heavy (non-hydrogen) atoms. The minimum atomic E-state index is -0.289. The van der Waals surface area contributed by atoms with Crippen molar-refractivity contribution in [2.75, 3.05) is 31.6 Å². The standard InChI is InChI=1S/C15H22N2O2/c1-15(2)11-16-9-4-10-17(15)13-7-5-12(6-8-13)14(18)19-3/h5-8,16H,4,9-11H2,1-3H3. The number of benzene rings is 1. The summed E-state index contributed by atoms with van der Waals surface area (Å²) in [6.45, 7) is 7.52. The van der Waals surface area contributed by atoms with Crippen LogP contribution in [0, 0.1) is 0 Å². The molecule has 4 nitrogen and oxygen atoms in total. The number of anilines is 1. The average molecular weight is 262 g/mol. The second kappa shape index (κ2) is 5.61. The molecule has 0 amide bonds. The highest BCUT2D eigenvalue weighted by Gasteiger charge is 2.28. The molecule has 0 aliphatic carbocycles. The first-order chi connectivity index (χ1) is 9.04. The Morgan fingerprint density at radius 3 is 2.63 bits per heavy atom. The fourth-order valence-corrected chi connectivity index (χ4v) is 2.53. The Bertz CT molecular complexity index is 440. The van der Waals surface area contributed by atoms with Crippen molar-refractivity contribution in [2.45, 2.75) is 25.8 Å². The van der Waals surface area contributed by atoms with Crippen LogP contribution in [-0.2, 0) is 4.74 Å². The van der Waals surface area contributed by atoms with Crippen LogP contribution in [-0.4, -0.2) is 38.3 Å². The quantitative estimate of drug-likeness (QED) is 0.828. The Labute approximate surface area is 114 Å². The van der Waals surface area contributed by atoms with Crippen LogP contribution >= 0.6 is 0 Å². The van der Waals surface area contributed by atoms with Crippen LogP contribution < -0.4 is 10.2 Å². The third kappa shape index (κ3) is 3.07. The van der Waals surface area contributed by atoms with E-state index in [9.17, 15) is 4.79 Å². The summed E-state index contributed by atoms with van der Waals surface area (Å²) in [5.74, 6) is -0.289. The van der Waals surface area contributed by atoms with E-state index in [-0.39, 0.29) is 11.5 Å². The number of carbonyl (C=O) groups excluding carboxylic acids is 1. The first kappa shape index (κ1) is 13.9. The predicted molar refractivity (Wildman–Crippen MR) is 76.7 cm³/mol. The molecule has 1 fully saturated rings. The first-order valence-electron chi connectivity index (χ1n) is 6.71. The largest absolute Gasteiger partial charge is 0.465 e. The maximum Gasteiger partial charge on any atom is 0.337 e. The fourth-order valence-electron chi connectivity index (χ4n) is 2.53. The highest BCUT2D eigenvalue weighted by molar-refractivity contribution is 5.89. The average Bonchev–Trinajstić information content (AvgIpc) is 2.59. The van der Waals surface area contributed by atoms with Crippen LogP contribution in [0.1, 0.15) is 30.6 Å². The predicted octanol–water partition coefficient (Wildman–Crippen LogP) is 2.05. The van der Waals surface area contributed by atoms with Gasteiger partial charge in [0.15, 0.2) is 0 Å². The zero-order valence-electron chi connectivity index (χ0n) is 11.9. The van der Waals surface area contributed by atoms with Crippen molar-refractivity contribution in [1.82, 2.24) is 5.32 Å². The molecule has 1 heterocycles. The molecule has 0 spiro atoms. The second-order valence-corrected chi connectivity index (χ2v) is 5.53. The van der Waals surface area contributed by atoms with Gasteiger partial charge in [-0.1, -0.05) is 0 Å². The number of hydrogen-bond donors (Lipinski definition) is 1. The fraction of sp³-hybridized carbons (Fsp3) is 0.533. The Balaban J connectivity index is 2.22. The van der Waals surface area contributed by atoms with Crippen molar-refractivity contribution in [2.24, 2.45) is 0 Å². The summed E-state index contributed by atoms with van der Waals surface area (Å²) in [4.78, 5) is 13.8. The van der Waals surface area contributed by atoms with Gasteiger partial charge in [-0.25, -0.2) is 4.79 Å². The van der Waals surface area contributed by atoms with E-state index in [0.29, 0.717) is 5.56 Å². The van der Waals surface area contributed by atoms with Gasteiger partial charge in [-0.2, -0.15) is 0 Å². The monoisotopic (exact) mass is 262 g/mol. The van der Waals surface area contributed by atoms with Crippen LogP contribution in [0.15, 0.2) is 24.3 Å². The number of rotatable bonds is 2. The van der Waals surface area contributed by atoms with Crippen LogP contribution in [0.3, 0.4) is 0 Å². The van der Waals surface area contributed by atoms with E-state index in [2.05, 4.69) is 24.1 Å². The van der Waals surface area contributed by atoms with Gasteiger partial charge in [0, 0.05) is 24.3 Å². The number of carbonyl (C=O) groups is 1. The lowest BCUT2D eigenvalue weighted by Crippen LogP contribution is -2.48. The molecule has 1 aliphatic rings. The number of esters is 1. The van der Waals surface area contributed by atoms with Gasteiger partial charge < -0.3 is 15.0 Å². The topological polar surface area (TPSA) is 41.6 Å². The molecule has 2 rings (SSSR count). The van der Waals surface area contributed by atoms with Crippen molar-refractivity contribution >= 4 is 11.7 Å². The summed E-state index contributed by atoms with van der Waals surface area (Å²) < 4.78 is 4.72. The van der Waals surface area contributed by atoms with Crippen molar-refractivity contribution in [3.63, 3.8) is 0 Å².